The van der Waals surface area contributed by atoms with E-state index >= 15 is 0 Å². The SMILES string of the molecule is CCN(CC)CCN(C(=O)c1ccc(S(=O)(=O)N2CCCCC2C)cc1)c1nc2ccc(Br)cc2s1. The predicted molar refractivity (Wildman–Crippen MR) is 150 cm³/mol. The molecule has 1 aromatic heterocycles. The Morgan fingerprint density at radius 1 is 1.11 bits per heavy atom. The number of benzene rings is 2. The molecule has 0 N–H and O–H groups in total. The van der Waals surface area contributed by atoms with Gasteiger partial charge < -0.3 is 4.90 Å². The summed E-state index contributed by atoms with van der Waals surface area (Å²) in [5.41, 5.74) is 1.29. The molecule has 2 aromatic carbocycles. The zero-order valence-electron chi connectivity index (χ0n) is 21.0. The van der Waals surface area contributed by atoms with E-state index in [2.05, 4.69) is 34.7 Å². The molecular formula is C26H33BrN4O3S2. The van der Waals surface area contributed by atoms with Crippen molar-refractivity contribution in [3.05, 3.63) is 52.5 Å². The van der Waals surface area contributed by atoms with Crippen LogP contribution in [0.3, 0.4) is 0 Å². The van der Waals surface area contributed by atoms with Gasteiger partial charge in [-0.15, -0.1) is 0 Å². The van der Waals surface area contributed by atoms with Crippen molar-refractivity contribution in [1.29, 1.82) is 0 Å². The van der Waals surface area contributed by atoms with E-state index in [-0.39, 0.29) is 16.8 Å². The van der Waals surface area contributed by atoms with Gasteiger partial charge >= 0.3 is 0 Å². The molecule has 7 nitrogen and oxygen atoms in total. The van der Waals surface area contributed by atoms with Gasteiger partial charge in [-0.2, -0.15) is 4.31 Å². The van der Waals surface area contributed by atoms with E-state index in [0.717, 1.165) is 53.6 Å². The van der Waals surface area contributed by atoms with E-state index in [9.17, 15) is 13.2 Å². The lowest BCUT2D eigenvalue weighted by atomic mass is 10.1. The number of nitrogens with zero attached hydrogens (tertiary/aromatic N) is 4. The first-order chi connectivity index (χ1) is 17.2. The van der Waals surface area contributed by atoms with Crippen molar-refractivity contribution >= 4 is 58.5 Å². The summed E-state index contributed by atoms with van der Waals surface area (Å²) in [5.74, 6) is -0.185. The number of aromatic nitrogens is 1. The summed E-state index contributed by atoms with van der Waals surface area (Å²) in [4.78, 5) is 22.6. The molecule has 0 radical (unpaired) electrons. The number of carbonyl (C=O) groups excluding carboxylic acids is 1. The highest BCUT2D eigenvalue weighted by molar-refractivity contribution is 9.10. The molecule has 1 atom stereocenters. The molecule has 10 heteroatoms. The highest BCUT2D eigenvalue weighted by Crippen LogP contribution is 2.32. The van der Waals surface area contributed by atoms with Crippen molar-refractivity contribution in [1.82, 2.24) is 14.2 Å². The van der Waals surface area contributed by atoms with Crippen LogP contribution in [-0.2, 0) is 10.0 Å². The molecule has 0 spiro atoms. The number of rotatable bonds is 9. The molecule has 1 fully saturated rings. The molecule has 0 aliphatic carbocycles. The maximum atomic E-state index is 13.7. The van der Waals surface area contributed by atoms with E-state index in [4.69, 9.17) is 4.98 Å². The number of fused-ring (bicyclic) bond motifs is 1. The summed E-state index contributed by atoms with van der Waals surface area (Å²) in [6.07, 6.45) is 2.79. The van der Waals surface area contributed by atoms with Crippen molar-refractivity contribution in [2.24, 2.45) is 0 Å². The molecule has 194 valence electrons. The Balaban J connectivity index is 1.62. The topological polar surface area (TPSA) is 73.8 Å². The van der Waals surface area contributed by atoms with Crippen LogP contribution < -0.4 is 4.90 Å². The first kappa shape index (κ1) is 27.2. The van der Waals surface area contributed by atoms with E-state index in [1.165, 1.54) is 11.3 Å². The molecule has 0 saturated carbocycles. The fourth-order valence-corrected chi connectivity index (χ4v) is 7.80. The monoisotopic (exact) mass is 592 g/mol. The summed E-state index contributed by atoms with van der Waals surface area (Å²) >= 11 is 4.99. The lowest BCUT2D eigenvalue weighted by Gasteiger charge is -2.32. The molecule has 1 amide bonds. The third-order valence-corrected chi connectivity index (χ3v) is 10.4. The van der Waals surface area contributed by atoms with E-state index in [1.807, 2.05) is 25.1 Å². The van der Waals surface area contributed by atoms with Crippen LogP contribution in [0.2, 0.25) is 0 Å². The van der Waals surface area contributed by atoms with Gasteiger partial charge in [-0.1, -0.05) is 47.5 Å². The van der Waals surface area contributed by atoms with E-state index in [1.54, 1.807) is 33.5 Å². The minimum atomic E-state index is -3.59. The molecule has 4 rings (SSSR count). The number of piperidine rings is 1. The molecule has 3 aromatic rings. The van der Waals surface area contributed by atoms with Crippen molar-refractivity contribution < 1.29 is 13.2 Å². The minimum Gasteiger partial charge on any atom is -0.302 e. The molecule has 2 heterocycles. The lowest BCUT2D eigenvalue weighted by molar-refractivity contribution is 0.0983. The fraction of sp³-hybridized carbons (Fsp3) is 0.462. The second-order valence-corrected chi connectivity index (χ2v) is 12.9. The lowest BCUT2D eigenvalue weighted by Crippen LogP contribution is -2.42. The Morgan fingerprint density at radius 2 is 1.83 bits per heavy atom. The molecule has 36 heavy (non-hydrogen) atoms. The Kier molecular flexibility index (Phi) is 8.83. The minimum absolute atomic E-state index is 0.0142. The number of thiazole rings is 1. The molecule has 1 unspecified atom stereocenters. The van der Waals surface area contributed by atoms with Crippen LogP contribution >= 0.6 is 27.3 Å². The Labute approximate surface area is 226 Å². The van der Waals surface area contributed by atoms with Crippen LogP contribution in [0.25, 0.3) is 10.2 Å². The van der Waals surface area contributed by atoms with E-state index in [0.29, 0.717) is 23.8 Å². The Hall–Kier alpha value is -1.85. The van der Waals surface area contributed by atoms with Crippen LogP contribution in [0.1, 0.15) is 50.4 Å². The quantitative estimate of drug-likeness (QED) is 0.323. The summed E-state index contributed by atoms with van der Waals surface area (Å²) in [6.45, 7) is 9.71. The Morgan fingerprint density at radius 3 is 2.50 bits per heavy atom. The number of sulfonamides is 1. The Bertz CT molecular complexity index is 1310. The van der Waals surface area contributed by atoms with Gasteiger partial charge in [-0.05, 0) is 75.3 Å². The third-order valence-electron chi connectivity index (χ3n) is 6.80. The van der Waals surface area contributed by atoms with Crippen molar-refractivity contribution in [2.45, 2.75) is 51.0 Å². The first-order valence-corrected chi connectivity index (χ1v) is 15.5. The number of hydrogen-bond donors (Lipinski definition) is 0. The van der Waals surface area contributed by atoms with Crippen LogP contribution in [0.4, 0.5) is 5.13 Å². The van der Waals surface area contributed by atoms with E-state index < -0.39 is 10.0 Å². The number of anilines is 1. The molecule has 1 aliphatic heterocycles. The smallest absolute Gasteiger partial charge is 0.260 e. The number of halogens is 1. The van der Waals surface area contributed by atoms with Crippen molar-refractivity contribution in [2.75, 3.05) is 37.6 Å². The highest BCUT2D eigenvalue weighted by Gasteiger charge is 2.31. The average Bonchev–Trinajstić information content (AvgIpc) is 3.29. The summed E-state index contributed by atoms with van der Waals surface area (Å²) in [7, 11) is -3.59. The number of carbonyl (C=O) groups is 1. The maximum absolute atomic E-state index is 13.7. The van der Waals surface area contributed by atoms with Gasteiger partial charge in [0.15, 0.2) is 5.13 Å². The zero-order chi connectivity index (χ0) is 25.9. The fourth-order valence-electron chi connectivity index (χ4n) is 4.56. The van der Waals surface area contributed by atoms with Crippen LogP contribution in [0, 0.1) is 0 Å². The van der Waals surface area contributed by atoms with Crippen molar-refractivity contribution in [3.8, 4) is 0 Å². The average molecular weight is 594 g/mol. The number of amides is 1. The molecule has 1 aliphatic rings. The summed E-state index contributed by atoms with van der Waals surface area (Å²) in [6, 6.07) is 12.2. The summed E-state index contributed by atoms with van der Waals surface area (Å²) in [5, 5.41) is 0.638. The van der Waals surface area contributed by atoms with Gasteiger partial charge in [-0.25, -0.2) is 13.4 Å². The third kappa shape index (κ3) is 5.83. The highest BCUT2D eigenvalue weighted by atomic mass is 79.9. The predicted octanol–water partition coefficient (Wildman–Crippen LogP) is 5.61. The van der Waals surface area contributed by atoms with Gasteiger partial charge in [-0.3, -0.25) is 9.69 Å². The standard InChI is InChI=1S/C26H33BrN4O3S2/c1-4-29(5-2)16-17-30(26-28-23-14-11-21(27)18-24(23)35-26)25(32)20-9-12-22(13-10-20)36(33,34)31-15-7-6-8-19(31)3/h9-14,18-19H,4-8,15-17H2,1-3H3. The second kappa shape index (κ2) is 11.7. The number of likely N-dealkylation sites (N-methyl/N-ethyl adjacent to an activating group) is 1. The van der Waals surface area contributed by atoms with Gasteiger partial charge in [0.2, 0.25) is 10.0 Å². The molecule has 0 bridgehead atoms. The van der Waals surface area contributed by atoms with Gasteiger partial charge in [0.05, 0.1) is 15.1 Å². The van der Waals surface area contributed by atoms with Gasteiger partial charge in [0, 0.05) is 35.7 Å². The molecule has 1 saturated heterocycles. The maximum Gasteiger partial charge on any atom is 0.260 e. The summed E-state index contributed by atoms with van der Waals surface area (Å²) < 4.78 is 30.0. The normalized spacial score (nSPS) is 17.1. The largest absolute Gasteiger partial charge is 0.302 e. The van der Waals surface area contributed by atoms with Gasteiger partial charge in [0.1, 0.15) is 0 Å². The van der Waals surface area contributed by atoms with Gasteiger partial charge in [0.25, 0.3) is 5.91 Å². The zero-order valence-corrected chi connectivity index (χ0v) is 24.2. The first-order valence-electron chi connectivity index (χ1n) is 12.5. The van der Waals surface area contributed by atoms with Crippen LogP contribution in [0.5, 0.6) is 0 Å². The van der Waals surface area contributed by atoms with Crippen LogP contribution in [-0.4, -0.2) is 67.3 Å². The van der Waals surface area contributed by atoms with Crippen LogP contribution in [0.15, 0.2) is 51.8 Å². The molecular weight excluding hydrogens is 560 g/mol. The van der Waals surface area contributed by atoms with Crippen molar-refractivity contribution in [3.63, 3.8) is 0 Å². The number of hydrogen-bond acceptors (Lipinski definition) is 6. The second-order valence-electron chi connectivity index (χ2n) is 9.08.